The molecule has 28 heavy (non-hydrogen) atoms. The van der Waals surface area contributed by atoms with Crippen LogP contribution in [0.25, 0.3) is 10.9 Å². The lowest BCUT2D eigenvalue weighted by Gasteiger charge is -2.37. The Bertz CT molecular complexity index is 1040. The van der Waals surface area contributed by atoms with Gasteiger partial charge in [0.05, 0.1) is 31.1 Å². The number of aryl methyl sites for hydroxylation is 1. The summed E-state index contributed by atoms with van der Waals surface area (Å²) in [6, 6.07) is 24.5. The molecule has 4 aromatic rings. The Morgan fingerprint density at radius 1 is 0.929 bits per heavy atom. The third-order valence-electron chi connectivity index (χ3n) is 6.00. The number of aromatic nitrogens is 1. The summed E-state index contributed by atoms with van der Waals surface area (Å²) in [7, 11) is 0. The highest BCUT2D eigenvalue weighted by Gasteiger charge is 2.33. The minimum Gasteiger partial charge on any atom is -0.360 e. The zero-order valence-electron chi connectivity index (χ0n) is 16.2. The van der Waals surface area contributed by atoms with Gasteiger partial charge in [0.25, 0.3) is 0 Å². The number of quaternary nitrogens is 1. The second kappa shape index (κ2) is 7.46. The summed E-state index contributed by atoms with van der Waals surface area (Å²) in [5.41, 5.74) is 5.37. The molecule has 1 saturated heterocycles. The molecule has 1 fully saturated rings. The standard InChI is InChI=1S/C24H25N3S/c1-18-23(20-10-5-6-11-21(20)25-18)24(22-12-7-17-28-22)27-15-13-26(14-16-27)19-8-3-2-4-9-19/h2-12,17,24-25H,13-16H2,1H3/p+1/t24-/m0/s1. The van der Waals surface area contributed by atoms with Gasteiger partial charge in [-0.1, -0.05) is 42.5 Å². The van der Waals surface area contributed by atoms with Gasteiger partial charge in [-0.3, -0.25) is 0 Å². The number of rotatable bonds is 4. The van der Waals surface area contributed by atoms with Crippen molar-refractivity contribution in [1.29, 1.82) is 0 Å². The monoisotopic (exact) mass is 388 g/mol. The second-order valence-corrected chi connectivity index (χ2v) is 8.62. The molecule has 0 unspecified atom stereocenters. The molecule has 0 spiro atoms. The van der Waals surface area contributed by atoms with Gasteiger partial charge in [0.1, 0.15) is 0 Å². The number of piperazine rings is 1. The fourth-order valence-electron chi connectivity index (χ4n) is 4.65. The fraction of sp³-hybridized carbons (Fsp3) is 0.250. The van der Waals surface area contributed by atoms with Crippen LogP contribution >= 0.6 is 11.3 Å². The normalized spacial score (nSPS) is 16.5. The number of fused-ring (bicyclic) bond motifs is 1. The maximum Gasteiger partial charge on any atom is 0.151 e. The van der Waals surface area contributed by atoms with Crippen LogP contribution in [0.5, 0.6) is 0 Å². The molecule has 2 aromatic heterocycles. The third kappa shape index (κ3) is 3.13. The lowest BCUT2D eigenvalue weighted by Crippen LogP contribution is -3.15. The summed E-state index contributed by atoms with van der Waals surface area (Å²) in [4.78, 5) is 9.29. The van der Waals surface area contributed by atoms with Crippen molar-refractivity contribution < 1.29 is 4.90 Å². The number of H-pyrrole nitrogens is 1. The Morgan fingerprint density at radius 3 is 2.43 bits per heavy atom. The van der Waals surface area contributed by atoms with E-state index in [1.165, 1.54) is 32.7 Å². The lowest BCUT2D eigenvalue weighted by molar-refractivity contribution is -0.925. The van der Waals surface area contributed by atoms with Gasteiger partial charge < -0.3 is 14.8 Å². The molecular weight excluding hydrogens is 362 g/mol. The summed E-state index contributed by atoms with van der Waals surface area (Å²) >= 11 is 1.89. The lowest BCUT2D eigenvalue weighted by atomic mass is 9.99. The van der Waals surface area contributed by atoms with E-state index < -0.39 is 0 Å². The van der Waals surface area contributed by atoms with Gasteiger partial charge in [-0.25, -0.2) is 0 Å². The molecule has 4 heteroatoms. The Kier molecular flexibility index (Phi) is 4.67. The first-order chi connectivity index (χ1) is 13.8. The number of benzene rings is 2. The Labute approximate surface area is 170 Å². The number of aromatic amines is 1. The molecule has 3 heterocycles. The van der Waals surface area contributed by atoms with Crippen molar-refractivity contribution in [2.75, 3.05) is 31.1 Å². The molecule has 0 radical (unpaired) electrons. The molecule has 1 aliphatic heterocycles. The highest BCUT2D eigenvalue weighted by Crippen LogP contribution is 2.32. The smallest absolute Gasteiger partial charge is 0.151 e. The van der Waals surface area contributed by atoms with Gasteiger partial charge in [-0.15, -0.1) is 11.3 Å². The zero-order valence-corrected chi connectivity index (χ0v) is 17.0. The summed E-state index contributed by atoms with van der Waals surface area (Å²) < 4.78 is 0. The third-order valence-corrected chi connectivity index (χ3v) is 6.93. The molecule has 1 atom stereocenters. The number of para-hydroxylation sites is 2. The number of hydrogen-bond donors (Lipinski definition) is 2. The highest BCUT2D eigenvalue weighted by atomic mass is 32.1. The van der Waals surface area contributed by atoms with E-state index in [4.69, 9.17) is 0 Å². The van der Waals surface area contributed by atoms with E-state index in [1.807, 2.05) is 11.3 Å². The van der Waals surface area contributed by atoms with E-state index >= 15 is 0 Å². The van der Waals surface area contributed by atoms with Gasteiger partial charge >= 0.3 is 0 Å². The first-order valence-corrected chi connectivity index (χ1v) is 10.9. The molecule has 0 bridgehead atoms. The fourth-order valence-corrected chi connectivity index (χ4v) is 5.55. The number of nitrogens with zero attached hydrogens (tertiary/aromatic N) is 1. The molecule has 3 nitrogen and oxygen atoms in total. The van der Waals surface area contributed by atoms with E-state index in [0.29, 0.717) is 6.04 Å². The molecule has 0 aliphatic carbocycles. The Morgan fingerprint density at radius 2 is 1.68 bits per heavy atom. The quantitative estimate of drug-likeness (QED) is 0.542. The van der Waals surface area contributed by atoms with Crippen LogP contribution in [-0.4, -0.2) is 31.2 Å². The van der Waals surface area contributed by atoms with E-state index in [2.05, 4.69) is 88.9 Å². The Hall–Kier alpha value is -2.56. The van der Waals surface area contributed by atoms with Gasteiger partial charge in [0.2, 0.25) is 0 Å². The van der Waals surface area contributed by atoms with Crippen LogP contribution in [-0.2, 0) is 0 Å². The molecule has 2 aromatic carbocycles. The maximum atomic E-state index is 3.62. The van der Waals surface area contributed by atoms with Gasteiger partial charge in [-0.2, -0.15) is 0 Å². The average Bonchev–Trinajstić information content (AvgIpc) is 3.38. The van der Waals surface area contributed by atoms with Crippen LogP contribution in [0.3, 0.4) is 0 Å². The van der Waals surface area contributed by atoms with Crippen molar-refractivity contribution in [2.24, 2.45) is 0 Å². The molecule has 0 saturated carbocycles. The minimum absolute atomic E-state index is 0.397. The van der Waals surface area contributed by atoms with Crippen LogP contribution in [0.4, 0.5) is 5.69 Å². The summed E-state index contributed by atoms with van der Waals surface area (Å²) in [6.45, 7) is 6.73. The van der Waals surface area contributed by atoms with Crippen molar-refractivity contribution in [2.45, 2.75) is 13.0 Å². The second-order valence-electron chi connectivity index (χ2n) is 7.64. The molecule has 5 rings (SSSR count). The first-order valence-electron chi connectivity index (χ1n) is 10.1. The van der Waals surface area contributed by atoms with Crippen LogP contribution in [0.15, 0.2) is 72.1 Å². The zero-order chi connectivity index (χ0) is 18.9. The van der Waals surface area contributed by atoms with Gasteiger partial charge in [-0.05, 0) is 36.6 Å². The Balaban J connectivity index is 1.48. The first kappa shape index (κ1) is 17.5. The number of hydrogen-bond acceptors (Lipinski definition) is 2. The number of nitrogens with one attached hydrogen (secondary N) is 2. The maximum absolute atomic E-state index is 3.62. The average molecular weight is 389 g/mol. The van der Waals surface area contributed by atoms with E-state index in [0.717, 1.165) is 26.2 Å². The van der Waals surface area contributed by atoms with Crippen LogP contribution in [0.1, 0.15) is 22.2 Å². The topological polar surface area (TPSA) is 23.5 Å². The van der Waals surface area contributed by atoms with Crippen molar-refractivity contribution in [3.8, 4) is 0 Å². The SMILES string of the molecule is Cc1[nH]c2ccccc2c1[C@H](c1cccs1)[NH+]1CCN(c2ccccc2)CC1. The molecule has 2 N–H and O–H groups in total. The van der Waals surface area contributed by atoms with E-state index in [9.17, 15) is 0 Å². The number of thiophene rings is 1. The molecule has 142 valence electrons. The molecular formula is C24H26N3S+. The van der Waals surface area contributed by atoms with Crippen LogP contribution in [0.2, 0.25) is 0 Å². The summed E-state index contributed by atoms with van der Waals surface area (Å²) in [5.74, 6) is 0. The molecule has 1 aliphatic rings. The van der Waals surface area contributed by atoms with Crippen LogP contribution < -0.4 is 9.80 Å². The summed E-state index contributed by atoms with van der Waals surface area (Å²) in [6.07, 6.45) is 0. The van der Waals surface area contributed by atoms with E-state index in [1.54, 1.807) is 4.90 Å². The van der Waals surface area contributed by atoms with Crippen LogP contribution in [0, 0.1) is 6.92 Å². The van der Waals surface area contributed by atoms with E-state index in [-0.39, 0.29) is 0 Å². The van der Waals surface area contributed by atoms with Gasteiger partial charge in [0.15, 0.2) is 6.04 Å². The largest absolute Gasteiger partial charge is 0.360 e. The highest BCUT2D eigenvalue weighted by molar-refractivity contribution is 7.10. The summed E-state index contributed by atoms with van der Waals surface area (Å²) in [5, 5.41) is 3.59. The predicted molar refractivity (Wildman–Crippen MR) is 119 cm³/mol. The van der Waals surface area contributed by atoms with Crippen molar-refractivity contribution >= 4 is 27.9 Å². The van der Waals surface area contributed by atoms with Crippen molar-refractivity contribution in [3.63, 3.8) is 0 Å². The predicted octanol–water partition coefficient (Wildman–Crippen LogP) is 4.03. The van der Waals surface area contributed by atoms with Crippen molar-refractivity contribution in [3.05, 3.63) is 88.2 Å². The number of anilines is 1. The molecule has 0 amide bonds. The minimum atomic E-state index is 0.397. The van der Waals surface area contributed by atoms with Crippen molar-refractivity contribution in [1.82, 2.24) is 4.98 Å². The van der Waals surface area contributed by atoms with Gasteiger partial charge in [0, 0.05) is 27.8 Å².